The van der Waals surface area contributed by atoms with E-state index in [1.165, 1.54) is 9.80 Å². The van der Waals surface area contributed by atoms with E-state index in [0.29, 0.717) is 46.1 Å². The number of amides is 2. The number of thiocarbonyl (C=S) groups is 1. The number of rotatable bonds is 8. The smallest absolute Gasteiger partial charge is 0.270 e. The summed E-state index contributed by atoms with van der Waals surface area (Å²) in [6.45, 7) is 6.57. The van der Waals surface area contributed by atoms with Gasteiger partial charge in [0.15, 0.2) is 16.6 Å². The van der Waals surface area contributed by atoms with Crippen molar-refractivity contribution >= 4 is 62.5 Å². The number of hydrogen-bond donors (Lipinski definition) is 0. The maximum Gasteiger partial charge on any atom is 0.270 e. The molecule has 42 heavy (non-hydrogen) atoms. The Balaban J connectivity index is 1.57. The van der Waals surface area contributed by atoms with Gasteiger partial charge in [0.2, 0.25) is 0 Å². The highest BCUT2D eigenvalue weighted by molar-refractivity contribution is 9.10. The molecule has 0 radical (unpaired) electrons. The van der Waals surface area contributed by atoms with Gasteiger partial charge >= 0.3 is 0 Å². The molecule has 0 atom stereocenters. The second-order valence-electron chi connectivity index (χ2n) is 9.83. The first-order chi connectivity index (χ1) is 20.3. The van der Waals surface area contributed by atoms with Crippen LogP contribution in [0, 0.1) is 13.8 Å². The van der Waals surface area contributed by atoms with Crippen LogP contribution in [0.2, 0.25) is 0 Å². The largest absolute Gasteiger partial charge is 0.490 e. The molecule has 4 aromatic carbocycles. The van der Waals surface area contributed by atoms with Crippen molar-refractivity contribution in [3.05, 3.63) is 123 Å². The molecule has 5 rings (SSSR count). The average molecular weight is 642 g/mol. The molecule has 0 aromatic heterocycles. The fraction of sp³-hybridized carbons (Fsp3) is 0.147. The van der Waals surface area contributed by atoms with Gasteiger partial charge in [-0.15, -0.1) is 0 Å². The maximum absolute atomic E-state index is 13.9. The molecule has 8 heteroatoms. The van der Waals surface area contributed by atoms with Crippen LogP contribution >= 0.6 is 28.1 Å². The van der Waals surface area contributed by atoms with E-state index >= 15 is 0 Å². The Hall–Kier alpha value is -4.27. The zero-order valence-corrected chi connectivity index (χ0v) is 25.9. The van der Waals surface area contributed by atoms with Gasteiger partial charge in [0.05, 0.1) is 22.5 Å². The Morgan fingerprint density at radius 1 is 0.786 bits per heavy atom. The van der Waals surface area contributed by atoms with Crippen molar-refractivity contribution < 1.29 is 19.1 Å². The van der Waals surface area contributed by atoms with E-state index in [1.54, 1.807) is 18.2 Å². The quantitative estimate of drug-likeness (QED) is 0.112. The highest BCUT2D eigenvalue weighted by Crippen LogP contribution is 2.39. The monoisotopic (exact) mass is 640 g/mol. The Kier molecular flexibility index (Phi) is 8.85. The van der Waals surface area contributed by atoms with E-state index < -0.39 is 11.8 Å². The van der Waals surface area contributed by atoms with Gasteiger partial charge in [-0.25, -0.2) is 0 Å². The van der Waals surface area contributed by atoms with Gasteiger partial charge in [-0.2, -0.15) is 0 Å². The van der Waals surface area contributed by atoms with Crippen molar-refractivity contribution in [2.45, 2.75) is 27.4 Å². The molecule has 1 aliphatic heterocycles. The average Bonchev–Trinajstić information content (AvgIpc) is 2.97. The van der Waals surface area contributed by atoms with Crippen LogP contribution in [0.4, 0.5) is 11.4 Å². The molecule has 212 valence electrons. The van der Waals surface area contributed by atoms with Crippen molar-refractivity contribution in [1.29, 1.82) is 0 Å². The van der Waals surface area contributed by atoms with E-state index in [-0.39, 0.29) is 10.7 Å². The van der Waals surface area contributed by atoms with E-state index in [9.17, 15) is 9.59 Å². The Morgan fingerprint density at radius 3 is 1.86 bits per heavy atom. The summed E-state index contributed by atoms with van der Waals surface area (Å²) in [5.41, 5.74) is 4.81. The number of ether oxygens (including phenoxy) is 2. The van der Waals surface area contributed by atoms with E-state index in [1.807, 2.05) is 99.6 Å². The molecule has 0 unspecified atom stereocenters. The highest BCUT2D eigenvalue weighted by Gasteiger charge is 2.41. The Morgan fingerprint density at radius 2 is 1.33 bits per heavy atom. The molecule has 0 saturated carbocycles. The van der Waals surface area contributed by atoms with Gasteiger partial charge in [0, 0.05) is 0 Å². The number of halogens is 1. The van der Waals surface area contributed by atoms with Crippen molar-refractivity contribution in [1.82, 2.24) is 0 Å². The van der Waals surface area contributed by atoms with Gasteiger partial charge in [-0.1, -0.05) is 65.7 Å². The van der Waals surface area contributed by atoms with Gasteiger partial charge in [-0.3, -0.25) is 19.4 Å². The van der Waals surface area contributed by atoms with Crippen LogP contribution < -0.4 is 19.3 Å². The minimum Gasteiger partial charge on any atom is -0.490 e. The van der Waals surface area contributed by atoms with Gasteiger partial charge in [-0.05, 0) is 103 Å². The summed E-state index contributed by atoms with van der Waals surface area (Å²) < 4.78 is 12.7. The molecular formula is C34H29BrN2O4S. The number of nitrogens with zero attached hydrogens (tertiary/aromatic N) is 2. The second kappa shape index (κ2) is 12.7. The van der Waals surface area contributed by atoms with Crippen LogP contribution in [0.15, 0.2) is 101 Å². The van der Waals surface area contributed by atoms with Gasteiger partial charge in [0.1, 0.15) is 12.2 Å². The number of anilines is 2. The highest BCUT2D eigenvalue weighted by atomic mass is 79.9. The fourth-order valence-electron chi connectivity index (χ4n) is 4.54. The number of carbonyl (C=O) groups is 2. The predicted molar refractivity (Wildman–Crippen MR) is 174 cm³/mol. The lowest BCUT2D eigenvalue weighted by Crippen LogP contribution is -2.56. The number of benzene rings is 4. The van der Waals surface area contributed by atoms with E-state index in [2.05, 4.69) is 15.9 Å². The molecular weight excluding hydrogens is 612 g/mol. The Bertz CT molecular complexity index is 1600. The summed E-state index contributed by atoms with van der Waals surface area (Å²) in [5, 5.41) is 0.0932. The summed E-state index contributed by atoms with van der Waals surface area (Å²) in [6.07, 6.45) is 1.57. The zero-order valence-electron chi connectivity index (χ0n) is 23.5. The molecule has 0 N–H and O–H groups in total. The van der Waals surface area contributed by atoms with Crippen LogP contribution in [0.5, 0.6) is 11.5 Å². The first kappa shape index (κ1) is 29.2. The summed E-state index contributed by atoms with van der Waals surface area (Å²) in [4.78, 5) is 30.7. The van der Waals surface area contributed by atoms with Crippen molar-refractivity contribution in [2.24, 2.45) is 0 Å². The summed E-state index contributed by atoms with van der Waals surface area (Å²) in [6, 6.07) is 28.3. The lowest BCUT2D eigenvalue weighted by atomic mass is 10.0. The normalized spacial score (nSPS) is 13.4. The van der Waals surface area contributed by atoms with Crippen LogP contribution in [0.1, 0.15) is 29.2 Å². The van der Waals surface area contributed by atoms with Gasteiger partial charge in [0.25, 0.3) is 11.8 Å². The zero-order chi connectivity index (χ0) is 29.8. The van der Waals surface area contributed by atoms with Crippen LogP contribution in [0.25, 0.3) is 6.08 Å². The molecule has 0 bridgehead atoms. The molecule has 1 heterocycles. The van der Waals surface area contributed by atoms with Gasteiger partial charge < -0.3 is 9.47 Å². The SMILES string of the molecule is CCOc1cc(C=C2C(=O)N(c3ccc(C)cc3)C(=S)N(c3ccc(C)cc3)C2=O)cc(Br)c1OCc1ccccc1. The van der Waals surface area contributed by atoms with Crippen molar-refractivity contribution in [3.8, 4) is 11.5 Å². The lowest BCUT2D eigenvalue weighted by Gasteiger charge is -2.36. The molecule has 0 aliphatic carbocycles. The van der Waals surface area contributed by atoms with Crippen LogP contribution in [-0.4, -0.2) is 23.5 Å². The number of hydrogen-bond acceptors (Lipinski definition) is 5. The standard InChI is InChI=1S/C34H29BrN2O4S/c1-4-40-30-20-25(19-29(35)31(30)41-21-24-8-6-5-7-9-24)18-28-32(38)36(26-14-10-22(2)11-15-26)34(42)37(33(28)39)27-16-12-23(3)13-17-27/h5-20H,4,21H2,1-3H3. The third kappa shape index (κ3) is 6.15. The van der Waals surface area contributed by atoms with Crippen LogP contribution in [-0.2, 0) is 16.2 Å². The first-order valence-corrected chi connectivity index (χ1v) is 14.7. The Labute approximate surface area is 259 Å². The third-order valence-electron chi connectivity index (χ3n) is 6.70. The van der Waals surface area contributed by atoms with E-state index in [0.717, 1.165) is 16.7 Å². The minimum atomic E-state index is -0.504. The summed E-state index contributed by atoms with van der Waals surface area (Å²) >= 11 is 9.36. The lowest BCUT2D eigenvalue weighted by molar-refractivity contribution is -0.120. The molecule has 1 aliphatic rings. The molecule has 0 spiro atoms. The summed E-state index contributed by atoms with van der Waals surface area (Å²) in [5.74, 6) is 0.0194. The minimum absolute atomic E-state index is 0.0305. The number of carbonyl (C=O) groups excluding carboxylic acids is 2. The van der Waals surface area contributed by atoms with Crippen molar-refractivity contribution in [2.75, 3.05) is 16.4 Å². The molecule has 6 nitrogen and oxygen atoms in total. The topological polar surface area (TPSA) is 59.1 Å². The molecule has 1 saturated heterocycles. The first-order valence-electron chi connectivity index (χ1n) is 13.5. The molecule has 1 fully saturated rings. The fourth-order valence-corrected chi connectivity index (χ4v) is 5.49. The third-order valence-corrected chi connectivity index (χ3v) is 7.66. The maximum atomic E-state index is 13.9. The van der Waals surface area contributed by atoms with Crippen molar-refractivity contribution in [3.63, 3.8) is 0 Å². The molecule has 2 amide bonds. The molecule has 4 aromatic rings. The second-order valence-corrected chi connectivity index (χ2v) is 11.0. The van der Waals surface area contributed by atoms with Crippen LogP contribution in [0.3, 0.4) is 0 Å². The van der Waals surface area contributed by atoms with E-state index in [4.69, 9.17) is 21.7 Å². The predicted octanol–water partition coefficient (Wildman–Crippen LogP) is 7.79. The summed E-state index contributed by atoms with van der Waals surface area (Å²) in [7, 11) is 0. The number of aryl methyl sites for hydroxylation is 2.